The van der Waals surface area contributed by atoms with Gasteiger partial charge in [-0.3, -0.25) is 4.79 Å². The molecule has 1 aliphatic heterocycles. The predicted molar refractivity (Wildman–Crippen MR) is 73.5 cm³/mol. The van der Waals surface area contributed by atoms with Gasteiger partial charge in [0.1, 0.15) is 5.75 Å². The summed E-state index contributed by atoms with van der Waals surface area (Å²) in [6.45, 7) is 2.96. The van der Waals surface area contributed by atoms with Gasteiger partial charge in [-0.15, -0.1) is 0 Å². The Bertz CT molecular complexity index is 464. The van der Waals surface area contributed by atoms with Gasteiger partial charge in [-0.2, -0.15) is 0 Å². The topological polar surface area (TPSA) is 49.8 Å². The number of hydrogen-bond donors (Lipinski definition) is 1. The van der Waals surface area contributed by atoms with Gasteiger partial charge in [0.05, 0.1) is 11.1 Å². The van der Waals surface area contributed by atoms with Crippen molar-refractivity contribution in [3.8, 4) is 5.75 Å². The molecule has 5 heteroatoms. The largest absolute Gasteiger partial charge is 0.482 e. The summed E-state index contributed by atoms with van der Waals surface area (Å²) in [7, 11) is 0. The summed E-state index contributed by atoms with van der Waals surface area (Å²) >= 11 is 6.00. The molecule has 0 bridgehead atoms. The van der Waals surface area contributed by atoms with Crippen LogP contribution in [0.4, 0.5) is 0 Å². The predicted octanol–water partition coefficient (Wildman–Crippen LogP) is 2.01. The Morgan fingerprint density at radius 2 is 2.37 bits per heavy atom. The number of benzene rings is 1. The van der Waals surface area contributed by atoms with Crippen LogP contribution in [0, 0.1) is 6.92 Å². The van der Waals surface area contributed by atoms with E-state index in [4.69, 9.17) is 16.3 Å². The van der Waals surface area contributed by atoms with Crippen LogP contribution in [0.5, 0.6) is 5.75 Å². The minimum atomic E-state index is -0.416. The molecule has 0 aliphatic carbocycles. The monoisotopic (exact) mass is 283 g/mol. The Morgan fingerprint density at radius 1 is 1.58 bits per heavy atom. The molecule has 1 aromatic rings. The fraction of sp³-hybridized carbons (Fsp3) is 0.500. The van der Waals surface area contributed by atoms with Crippen LogP contribution in [0.3, 0.4) is 0 Å². The molecule has 1 saturated heterocycles. The number of ether oxygens (including phenoxy) is 1. The molecule has 1 aliphatic rings. The minimum Gasteiger partial charge on any atom is -0.482 e. The van der Waals surface area contributed by atoms with Gasteiger partial charge in [0.25, 0.3) is 5.91 Å². The van der Waals surface area contributed by atoms with Gasteiger partial charge in [-0.05, 0) is 37.5 Å². The summed E-state index contributed by atoms with van der Waals surface area (Å²) < 4.78 is 5.46. The highest BCUT2D eigenvalue weighted by Gasteiger charge is 2.22. The molecule has 1 atom stereocenters. The summed E-state index contributed by atoms with van der Waals surface area (Å²) in [5.74, 6) is 0.406. The van der Waals surface area contributed by atoms with Crippen LogP contribution in [0.2, 0.25) is 5.02 Å². The summed E-state index contributed by atoms with van der Waals surface area (Å²) in [4.78, 5) is 13.6. The van der Waals surface area contributed by atoms with Crippen LogP contribution in [0.25, 0.3) is 0 Å². The number of amides is 1. The number of likely N-dealkylation sites (tertiary alicyclic amines) is 1. The van der Waals surface area contributed by atoms with Gasteiger partial charge in [-0.25, -0.2) is 0 Å². The second-order valence-electron chi connectivity index (χ2n) is 4.86. The lowest BCUT2D eigenvalue weighted by Crippen LogP contribution is -2.44. The lowest BCUT2D eigenvalue weighted by atomic mass is 10.1. The number of carbonyl (C=O) groups is 1. The van der Waals surface area contributed by atoms with E-state index in [1.54, 1.807) is 17.0 Å². The van der Waals surface area contributed by atoms with Crippen molar-refractivity contribution in [3.05, 3.63) is 28.8 Å². The van der Waals surface area contributed by atoms with Gasteiger partial charge < -0.3 is 14.7 Å². The van der Waals surface area contributed by atoms with E-state index >= 15 is 0 Å². The number of piperidine rings is 1. The summed E-state index contributed by atoms with van der Waals surface area (Å²) in [6.07, 6.45) is 1.17. The van der Waals surface area contributed by atoms with Crippen LogP contribution in [0.1, 0.15) is 18.4 Å². The molecule has 1 unspecified atom stereocenters. The lowest BCUT2D eigenvalue weighted by molar-refractivity contribution is -0.136. The first-order chi connectivity index (χ1) is 9.06. The number of halogens is 1. The molecule has 1 heterocycles. The molecular formula is C14H18ClNO3. The van der Waals surface area contributed by atoms with E-state index < -0.39 is 6.10 Å². The summed E-state index contributed by atoms with van der Waals surface area (Å²) in [5.41, 5.74) is 1.03. The quantitative estimate of drug-likeness (QED) is 0.923. The molecule has 1 aromatic carbocycles. The molecule has 1 fully saturated rings. The molecular weight excluding hydrogens is 266 g/mol. The molecule has 0 saturated carbocycles. The van der Waals surface area contributed by atoms with Crippen molar-refractivity contribution >= 4 is 17.5 Å². The number of rotatable bonds is 3. The number of hydrogen-bond acceptors (Lipinski definition) is 3. The number of aliphatic hydroxyl groups excluding tert-OH is 1. The molecule has 1 amide bonds. The molecule has 2 rings (SSSR count). The van der Waals surface area contributed by atoms with E-state index in [2.05, 4.69) is 0 Å². The highest BCUT2D eigenvalue weighted by Crippen LogP contribution is 2.25. The van der Waals surface area contributed by atoms with Gasteiger partial charge in [0.15, 0.2) is 6.61 Å². The molecule has 104 valence electrons. The zero-order valence-corrected chi connectivity index (χ0v) is 11.7. The second-order valence-corrected chi connectivity index (χ2v) is 5.27. The standard InChI is InChI=1S/C14H18ClNO3/c1-10-4-5-12(15)13(7-10)19-9-14(18)16-6-2-3-11(17)8-16/h4-5,7,11,17H,2-3,6,8-9H2,1H3. The molecule has 0 spiro atoms. The van der Waals surface area contributed by atoms with Crippen LogP contribution in [-0.2, 0) is 4.79 Å². The lowest BCUT2D eigenvalue weighted by Gasteiger charge is -2.30. The maximum atomic E-state index is 12.0. The fourth-order valence-electron chi connectivity index (χ4n) is 2.13. The molecule has 0 aromatic heterocycles. The van der Waals surface area contributed by atoms with Gasteiger partial charge in [-0.1, -0.05) is 17.7 Å². The number of carbonyl (C=O) groups excluding carboxylic acids is 1. The third-order valence-electron chi connectivity index (χ3n) is 3.19. The minimum absolute atomic E-state index is 0.0457. The smallest absolute Gasteiger partial charge is 0.260 e. The summed E-state index contributed by atoms with van der Waals surface area (Å²) in [5, 5.41) is 10.0. The van der Waals surface area contributed by atoms with Gasteiger partial charge >= 0.3 is 0 Å². The highest BCUT2D eigenvalue weighted by molar-refractivity contribution is 6.32. The third-order valence-corrected chi connectivity index (χ3v) is 3.50. The Labute approximate surface area is 117 Å². The van der Waals surface area contributed by atoms with Crippen molar-refractivity contribution in [1.29, 1.82) is 0 Å². The maximum Gasteiger partial charge on any atom is 0.260 e. The van der Waals surface area contributed by atoms with Crippen LogP contribution in [0.15, 0.2) is 18.2 Å². The van der Waals surface area contributed by atoms with E-state index in [1.165, 1.54) is 0 Å². The maximum absolute atomic E-state index is 12.0. The Kier molecular flexibility index (Phi) is 4.66. The first kappa shape index (κ1) is 14.2. The van der Waals surface area contributed by atoms with Crippen molar-refractivity contribution in [2.75, 3.05) is 19.7 Å². The second kappa shape index (κ2) is 6.26. The Hall–Kier alpha value is -1.26. The van der Waals surface area contributed by atoms with Gasteiger partial charge in [0, 0.05) is 13.1 Å². The number of β-amino-alcohol motifs (C(OH)–C–C–N with tert-alkyl or cyclic N) is 1. The van der Waals surface area contributed by atoms with E-state index in [0.717, 1.165) is 18.4 Å². The molecule has 4 nitrogen and oxygen atoms in total. The van der Waals surface area contributed by atoms with E-state index in [9.17, 15) is 9.90 Å². The van der Waals surface area contributed by atoms with E-state index in [0.29, 0.717) is 23.9 Å². The van der Waals surface area contributed by atoms with Crippen LogP contribution < -0.4 is 4.74 Å². The average Bonchev–Trinajstić information content (AvgIpc) is 2.39. The fourth-order valence-corrected chi connectivity index (χ4v) is 2.31. The van der Waals surface area contributed by atoms with Crippen molar-refractivity contribution in [3.63, 3.8) is 0 Å². The summed E-state index contributed by atoms with van der Waals surface area (Å²) in [6, 6.07) is 5.44. The number of nitrogens with zero attached hydrogens (tertiary/aromatic N) is 1. The number of aliphatic hydroxyl groups is 1. The third kappa shape index (κ3) is 3.85. The van der Waals surface area contributed by atoms with Crippen molar-refractivity contribution in [2.24, 2.45) is 0 Å². The van der Waals surface area contributed by atoms with Crippen LogP contribution >= 0.6 is 11.6 Å². The van der Waals surface area contributed by atoms with Crippen LogP contribution in [-0.4, -0.2) is 41.7 Å². The molecule has 0 radical (unpaired) electrons. The van der Waals surface area contributed by atoms with Crippen molar-refractivity contribution in [1.82, 2.24) is 4.90 Å². The first-order valence-electron chi connectivity index (χ1n) is 6.41. The van der Waals surface area contributed by atoms with Crippen molar-refractivity contribution in [2.45, 2.75) is 25.9 Å². The Morgan fingerprint density at radius 3 is 3.11 bits per heavy atom. The number of aryl methyl sites for hydroxylation is 1. The Balaban J connectivity index is 1.91. The molecule has 19 heavy (non-hydrogen) atoms. The van der Waals surface area contributed by atoms with Gasteiger partial charge in [0.2, 0.25) is 0 Å². The highest BCUT2D eigenvalue weighted by atomic mass is 35.5. The zero-order valence-electron chi connectivity index (χ0n) is 10.9. The normalized spacial score (nSPS) is 19.3. The zero-order chi connectivity index (χ0) is 13.8. The first-order valence-corrected chi connectivity index (χ1v) is 6.79. The van der Waals surface area contributed by atoms with Crippen molar-refractivity contribution < 1.29 is 14.6 Å². The molecule has 1 N–H and O–H groups in total. The van der Waals surface area contributed by atoms with E-state index in [-0.39, 0.29) is 12.5 Å². The van der Waals surface area contributed by atoms with E-state index in [1.807, 2.05) is 13.0 Å². The SMILES string of the molecule is Cc1ccc(Cl)c(OCC(=O)N2CCCC(O)C2)c1. The average molecular weight is 284 g/mol.